The summed E-state index contributed by atoms with van der Waals surface area (Å²) in [5.41, 5.74) is 0.985. The van der Waals surface area contributed by atoms with Crippen LogP contribution in [0.2, 0.25) is 0 Å². The van der Waals surface area contributed by atoms with E-state index in [0.29, 0.717) is 6.54 Å². The van der Waals surface area contributed by atoms with Crippen molar-refractivity contribution in [2.75, 3.05) is 13.1 Å². The second kappa shape index (κ2) is 6.19. The summed E-state index contributed by atoms with van der Waals surface area (Å²) in [7, 11) is 0. The summed E-state index contributed by atoms with van der Waals surface area (Å²) in [5.74, 6) is 0.0113. The van der Waals surface area contributed by atoms with Crippen LogP contribution in [0.5, 0.6) is 0 Å². The van der Waals surface area contributed by atoms with Gasteiger partial charge in [-0.25, -0.2) is 0 Å². The zero-order valence-electron chi connectivity index (χ0n) is 9.21. The maximum atomic E-state index is 11.4. The molecule has 0 aliphatic carbocycles. The molecular weight excluding hydrogens is 192 g/mol. The molecule has 1 aromatic rings. The molecule has 0 aromatic carbocycles. The van der Waals surface area contributed by atoms with Crippen LogP contribution in [0.15, 0.2) is 12.4 Å². The quantitative estimate of drug-likeness (QED) is 0.602. The number of aromatic amines is 1. The summed E-state index contributed by atoms with van der Waals surface area (Å²) >= 11 is 0. The lowest BCUT2D eigenvalue weighted by molar-refractivity contribution is -0.120. The molecule has 1 aromatic heterocycles. The van der Waals surface area contributed by atoms with Gasteiger partial charge in [0.2, 0.25) is 5.91 Å². The predicted octanol–water partition coefficient (Wildman–Crippen LogP) is 0.586. The molecule has 84 valence electrons. The molecule has 3 N–H and O–H groups in total. The van der Waals surface area contributed by atoms with E-state index in [1.54, 1.807) is 12.4 Å². The van der Waals surface area contributed by atoms with Gasteiger partial charge in [0.25, 0.3) is 0 Å². The standard InChI is InChI=1S/C10H18N4O/c1-3-4-11-7-10(15)14-8(2)9-5-12-13-6-9/h5-6,8,11H,3-4,7H2,1-2H3,(H,12,13)(H,14,15). The molecule has 0 spiro atoms. The van der Waals surface area contributed by atoms with Crippen molar-refractivity contribution < 1.29 is 4.79 Å². The predicted molar refractivity (Wildman–Crippen MR) is 58.3 cm³/mol. The van der Waals surface area contributed by atoms with Crippen LogP contribution in [-0.2, 0) is 4.79 Å². The van der Waals surface area contributed by atoms with Gasteiger partial charge in [0.05, 0.1) is 18.8 Å². The summed E-state index contributed by atoms with van der Waals surface area (Å²) in [6.45, 7) is 5.24. The first-order chi connectivity index (χ1) is 7.24. The smallest absolute Gasteiger partial charge is 0.234 e. The maximum Gasteiger partial charge on any atom is 0.234 e. The molecule has 0 aliphatic rings. The Labute approximate surface area is 89.6 Å². The molecule has 5 heteroatoms. The fourth-order valence-electron chi connectivity index (χ4n) is 1.25. The van der Waals surface area contributed by atoms with Gasteiger partial charge in [-0.15, -0.1) is 0 Å². The molecule has 1 unspecified atom stereocenters. The van der Waals surface area contributed by atoms with Crippen LogP contribution in [0, 0.1) is 0 Å². The third-order valence-electron chi connectivity index (χ3n) is 2.11. The third-order valence-corrected chi connectivity index (χ3v) is 2.11. The Kier molecular flexibility index (Phi) is 4.83. The summed E-state index contributed by atoms with van der Waals surface area (Å²) < 4.78 is 0. The van der Waals surface area contributed by atoms with Crippen LogP contribution in [0.1, 0.15) is 31.9 Å². The highest BCUT2D eigenvalue weighted by atomic mass is 16.1. The number of carbonyl (C=O) groups is 1. The van der Waals surface area contributed by atoms with Crippen molar-refractivity contribution in [3.8, 4) is 0 Å². The van der Waals surface area contributed by atoms with Gasteiger partial charge in [0, 0.05) is 11.8 Å². The molecule has 0 aliphatic heterocycles. The van der Waals surface area contributed by atoms with Crippen LogP contribution in [0.25, 0.3) is 0 Å². The fourth-order valence-corrected chi connectivity index (χ4v) is 1.25. The fraction of sp³-hybridized carbons (Fsp3) is 0.600. The van der Waals surface area contributed by atoms with Gasteiger partial charge in [-0.2, -0.15) is 5.10 Å². The molecule has 0 saturated carbocycles. The van der Waals surface area contributed by atoms with E-state index in [-0.39, 0.29) is 11.9 Å². The molecule has 0 radical (unpaired) electrons. The zero-order valence-corrected chi connectivity index (χ0v) is 9.21. The van der Waals surface area contributed by atoms with E-state index in [9.17, 15) is 4.79 Å². The van der Waals surface area contributed by atoms with Gasteiger partial charge in [0.15, 0.2) is 0 Å². The monoisotopic (exact) mass is 210 g/mol. The van der Waals surface area contributed by atoms with Crippen molar-refractivity contribution >= 4 is 5.91 Å². The van der Waals surface area contributed by atoms with Crippen molar-refractivity contribution in [2.24, 2.45) is 0 Å². The number of H-pyrrole nitrogens is 1. The lowest BCUT2D eigenvalue weighted by Gasteiger charge is -2.12. The number of hydrogen-bond acceptors (Lipinski definition) is 3. The molecule has 5 nitrogen and oxygen atoms in total. The molecule has 1 heterocycles. The van der Waals surface area contributed by atoms with Gasteiger partial charge in [0.1, 0.15) is 0 Å². The van der Waals surface area contributed by atoms with E-state index < -0.39 is 0 Å². The molecule has 1 rings (SSSR count). The minimum absolute atomic E-state index is 0.000300. The highest BCUT2D eigenvalue weighted by molar-refractivity contribution is 5.78. The largest absolute Gasteiger partial charge is 0.348 e. The van der Waals surface area contributed by atoms with Crippen LogP contribution in [-0.4, -0.2) is 29.2 Å². The topological polar surface area (TPSA) is 69.8 Å². The summed E-state index contributed by atoms with van der Waals surface area (Å²) in [4.78, 5) is 11.4. The van der Waals surface area contributed by atoms with Crippen LogP contribution in [0.4, 0.5) is 0 Å². The van der Waals surface area contributed by atoms with Gasteiger partial charge in [-0.05, 0) is 19.9 Å². The van der Waals surface area contributed by atoms with E-state index >= 15 is 0 Å². The van der Waals surface area contributed by atoms with Gasteiger partial charge >= 0.3 is 0 Å². The van der Waals surface area contributed by atoms with Crippen molar-refractivity contribution in [3.63, 3.8) is 0 Å². The van der Waals surface area contributed by atoms with Gasteiger partial charge in [-0.1, -0.05) is 6.92 Å². The average Bonchev–Trinajstić information content (AvgIpc) is 2.70. The summed E-state index contributed by atoms with van der Waals surface area (Å²) in [5, 5.41) is 12.5. The first-order valence-electron chi connectivity index (χ1n) is 5.22. The second-order valence-electron chi connectivity index (χ2n) is 3.50. The average molecular weight is 210 g/mol. The number of amides is 1. The van der Waals surface area contributed by atoms with Crippen LogP contribution in [0.3, 0.4) is 0 Å². The van der Waals surface area contributed by atoms with Crippen LogP contribution >= 0.6 is 0 Å². The van der Waals surface area contributed by atoms with Crippen molar-refractivity contribution in [3.05, 3.63) is 18.0 Å². The molecule has 1 atom stereocenters. The Morgan fingerprint density at radius 2 is 2.47 bits per heavy atom. The number of rotatable bonds is 6. The number of hydrogen-bond donors (Lipinski definition) is 3. The summed E-state index contributed by atoms with van der Waals surface area (Å²) in [6.07, 6.45) is 4.53. The van der Waals surface area contributed by atoms with Gasteiger partial charge < -0.3 is 10.6 Å². The first kappa shape index (κ1) is 11.7. The van der Waals surface area contributed by atoms with Crippen molar-refractivity contribution in [1.82, 2.24) is 20.8 Å². The number of nitrogens with zero attached hydrogens (tertiary/aromatic N) is 1. The minimum atomic E-state index is -0.000300. The second-order valence-corrected chi connectivity index (χ2v) is 3.50. The molecule has 15 heavy (non-hydrogen) atoms. The van der Waals surface area contributed by atoms with E-state index in [2.05, 4.69) is 27.8 Å². The number of aromatic nitrogens is 2. The zero-order chi connectivity index (χ0) is 11.1. The van der Waals surface area contributed by atoms with E-state index in [4.69, 9.17) is 0 Å². The Morgan fingerprint density at radius 1 is 1.67 bits per heavy atom. The molecular formula is C10H18N4O. The van der Waals surface area contributed by atoms with Crippen LogP contribution < -0.4 is 10.6 Å². The highest BCUT2D eigenvalue weighted by Gasteiger charge is 2.09. The molecule has 0 saturated heterocycles. The SMILES string of the molecule is CCCNCC(=O)NC(C)c1cn[nH]c1. The molecule has 1 amide bonds. The lowest BCUT2D eigenvalue weighted by atomic mass is 10.2. The number of carbonyl (C=O) groups excluding carboxylic acids is 1. The maximum absolute atomic E-state index is 11.4. The number of nitrogens with one attached hydrogen (secondary N) is 3. The van der Waals surface area contributed by atoms with E-state index in [1.165, 1.54) is 0 Å². The highest BCUT2D eigenvalue weighted by Crippen LogP contribution is 2.07. The summed E-state index contributed by atoms with van der Waals surface area (Å²) in [6, 6.07) is -0.000300. The Hall–Kier alpha value is -1.36. The Balaban J connectivity index is 2.26. The van der Waals surface area contributed by atoms with Crippen molar-refractivity contribution in [1.29, 1.82) is 0 Å². The normalized spacial score (nSPS) is 12.4. The first-order valence-corrected chi connectivity index (χ1v) is 5.22. The molecule has 0 fully saturated rings. The minimum Gasteiger partial charge on any atom is -0.348 e. The van der Waals surface area contributed by atoms with E-state index in [1.807, 2.05) is 6.92 Å². The Morgan fingerprint density at radius 3 is 3.07 bits per heavy atom. The van der Waals surface area contributed by atoms with E-state index in [0.717, 1.165) is 18.5 Å². The van der Waals surface area contributed by atoms with Crippen molar-refractivity contribution in [2.45, 2.75) is 26.3 Å². The Bertz CT molecular complexity index is 284. The van der Waals surface area contributed by atoms with Gasteiger partial charge in [-0.3, -0.25) is 9.89 Å². The third kappa shape index (κ3) is 4.12. The lowest BCUT2D eigenvalue weighted by Crippen LogP contribution is -2.35. The molecule has 0 bridgehead atoms.